The Kier molecular flexibility index (Phi) is 3.86. The molecule has 1 aromatic carbocycles. The van der Waals surface area contributed by atoms with Crippen LogP contribution in [0.1, 0.15) is 16.1 Å². The van der Waals surface area contributed by atoms with Gasteiger partial charge in [-0.25, -0.2) is 14.2 Å². The predicted octanol–water partition coefficient (Wildman–Crippen LogP) is 2.07. The predicted molar refractivity (Wildman–Crippen MR) is 64.6 cm³/mol. The normalized spacial score (nSPS) is 9.65. The number of benzene rings is 1. The molecule has 0 radical (unpaired) electrons. The second kappa shape index (κ2) is 5.75. The lowest BCUT2D eigenvalue weighted by Gasteiger charge is -2.05. The number of ether oxygens (including phenoxy) is 2. The highest BCUT2D eigenvalue weighted by Crippen LogP contribution is 2.21. The maximum absolute atomic E-state index is 13.4. The van der Waals surface area contributed by atoms with Crippen molar-refractivity contribution in [3.05, 3.63) is 47.7 Å². The highest BCUT2D eigenvalue weighted by Gasteiger charge is 2.10. The Morgan fingerprint density at radius 2 is 2.20 bits per heavy atom. The third kappa shape index (κ3) is 2.87. The molecule has 0 aliphatic carbocycles. The van der Waals surface area contributed by atoms with Crippen LogP contribution in [0.15, 0.2) is 30.6 Å². The van der Waals surface area contributed by atoms with Gasteiger partial charge in [-0.15, -0.1) is 0 Å². The van der Waals surface area contributed by atoms with Crippen molar-refractivity contribution in [2.24, 2.45) is 0 Å². The number of hydrogen-bond acceptors (Lipinski definition) is 6. The molecular formula is C13H8FN3O3. The average molecular weight is 273 g/mol. The van der Waals surface area contributed by atoms with Crippen molar-refractivity contribution in [2.45, 2.75) is 0 Å². The number of methoxy groups -OCH3 is 1. The molecule has 0 amide bonds. The van der Waals surface area contributed by atoms with Gasteiger partial charge in [0.25, 0.3) is 0 Å². The Bertz CT molecular complexity index is 698. The number of rotatable bonds is 3. The van der Waals surface area contributed by atoms with Crippen molar-refractivity contribution < 1.29 is 18.7 Å². The molecule has 20 heavy (non-hydrogen) atoms. The minimum atomic E-state index is -0.706. The average Bonchev–Trinajstić information content (AvgIpc) is 2.47. The van der Waals surface area contributed by atoms with Gasteiger partial charge >= 0.3 is 5.97 Å². The van der Waals surface area contributed by atoms with E-state index in [2.05, 4.69) is 14.7 Å². The summed E-state index contributed by atoms with van der Waals surface area (Å²) in [6.07, 6.45) is 2.49. The number of esters is 1. The van der Waals surface area contributed by atoms with Crippen LogP contribution in [0.2, 0.25) is 0 Å². The summed E-state index contributed by atoms with van der Waals surface area (Å²) in [5.74, 6) is -1.22. The molecule has 0 saturated carbocycles. The molecule has 0 N–H and O–H groups in total. The Morgan fingerprint density at radius 3 is 2.85 bits per heavy atom. The lowest BCUT2D eigenvalue weighted by Crippen LogP contribution is -2.05. The van der Waals surface area contributed by atoms with E-state index in [0.29, 0.717) is 0 Å². The minimum Gasteiger partial charge on any atom is -0.464 e. The second-order valence-corrected chi connectivity index (χ2v) is 3.59. The molecule has 7 heteroatoms. The molecule has 0 saturated heterocycles. The van der Waals surface area contributed by atoms with Gasteiger partial charge in [0, 0.05) is 6.07 Å². The zero-order chi connectivity index (χ0) is 14.5. The van der Waals surface area contributed by atoms with Gasteiger partial charge in [0.15, 0.2) is 5.69 Å². The van der Waals surface area contributed by atoms with Crippen LogP contribution in [0.25, 0.3) is 0 Å². The van der Waals surface area contributed by atoms with Crippen LogP contribution >= 0.6 is 0 Å². The van der Waals surface area contributed by atoms with Gasteiger partial charge in [0.1, 0.15) is 17.6 Å². The van der Waals surface area contributed by atoms with Crippen molar-refractivity contribution in [3.63, 3.8) is 0 Å². The van der Waals surface area contributed by atoms with Crippen LogP contribution in [0.4, 0.5) is 4.39 Å². The lowest BCUT2D eigenvalue weighted by atomic mass is 10.2. The van der Waals surface area contributed by atoms with Gasteiger partial charge in [-0.2, -0.15) is 5.26 Å². The number of aromatic nitrogens is 2. The number of nitrogens with zero attached hydrogens (tertiary/aromatic N) is 3. The first-order valence-corrected chi connectivity index (χ1v) is 5.42. The molecule has 0 bridgehead atoms. The van der Waals surface area contributed by atoms with Crippen molar-refractivity contribution in [3.8, 4) is 17.7 Å². The maximum Gasteiger partial charge on any atom is 0.358 e. The van der Waals surface area contributed by atoms with Gasteiger partial charge in [0.05, 0.1) is 25.1 Å². The van der Waals surface area contributed by atoms with Gasteiger partial charge < -0.3 is 9.47 Å². The van der Waals surface area contributed by atoms with E-state index in [1.807, 2.05) is 0 Å². The van der Waals surface area contributed by atoms with E-state index >= 15 is 0 Å². The van der Waals surface area contributed by atoms with E-state index < -0.39 is 11.8 Å². The summed E-state index contributed by atoms with van der Waals surface area (Å²) in [6, 6.07) is 5.44. The largest absolute Gasteiger partial charge is 0.464 e. The van der Waals surface area contributed by atoms with Crippen LogP contribution in [-0.2, 0) is 4.74 Å². The van der Waals surface area contributed by atoms with Crippen molar-refractivity contribution in [1.82, 2.24) is 9.97 Å². The smallest absolute Gasteiger partial charge is 0.358 e. The fourth-order valence-corrected chi connectivity index (χ4v) is 1.37. The van der Waals surface area contributed by atoms with Crippen molar-refractivity contribution >= 4 is 5.97 Å². The fourth-order valence-electron chi connectivity index (χ4n) is 1.37. The molecule has 1 heterocycles. The first kappa shape index (κ1) is 13.4. The number of halogens is 1. The van der Waals surface area contributed by atoms with Crippen molar-refractivity contribution in [2.75, 3.05) is 7.11 Å². The monoisotopic (exact) mass is 273 g/mol. The number of carbonyl (C=O) groups excluding carboxylic acids is 1. The summed E-state index contributed by atoms with van der Waals surface area (Å²) >= 11 is 0. The quantitative estimate of drug-likeness (QED) is 0.796. The summed E-state index contributed by atoms with van der Waals surface area (Å²) in [5.41, 5.74) is -0.120. The zero-order valence-electron chi connectivity index (χ0n) is 10.3. The van der Waals surface area contributed by atoms with Crippen LogP contribution in [-0.4, -0.2) is 23.0 Å². The first-order chi connectivity index (χ1) is 9.63. The van der Waals surface area contributed by atoms with Gasteiger partial charge in [-0.3, -0.25) is 4.98 Å². The molecule has 0 aliphatic rings. The number of nitriles is 1. The molecule has 0 aliphatic heterocycles. The molecular weight excluding hydrogens is 265 g/mol. The Morgan fingerprint density at radius 1 is 1.40 bits per heavy atom. The molecule has 100 valence electrons. The first-order valence-electron chi connectivity index (χ1n) is 5.42. The van der Waals surface area contributed by atoms with E-state index in [0.717, 1.165) is 6.07 Å². The van der Waals surface area contributed by atoms with E-state index in [9.17, 15) is 9.18 Å². The van der Waals surface area contributed by atoms with Gasteiger partial charge in [-0.1, -0.05) is 0 Å². The van der Waals surface area contributed by atoms with Crippen LogP contribution in [0.5, 0.6) is 11.6 Å². The minimum absolute atomic E-state index is 0.0111. The zero-order valence-corrected chi connectivity index (χ0v) is 10.3. The Hall–Kier alpha value is -3.01. The Labute approximate surface area is 113 Å². The van der Waals surface area contributed by atoms with E-state index in [4.69, 9.17) is 10.00 Å². The maximum atomic E-state index is 13.4. The summed E-state index contributed by atoms with van der Waals surface area (Å²) in [4.78, 5) is 18.9. The standard InChI is InChI=1S/C13H8FN3O3/c1-19-13(18)11-6-16-7-12(17-11)20-9-3-2-8(5-15)10(14)4-9/h2-4,6-7H,1H3. The molecule has 1 aromatic heterocycles. The molecule has 0 spiro atoms. The SMILES string of the molecule is COC(=O)c1cncc(Oc2ccc(C#N)c(F)c2)n1. The van der Waals surface area contributed by atoms with E-state index in [1.165, 1.54) is 31.6 Å². The molecule has 0 atom stereocenters. The molecule has 0 fully saturated rings. The molecule has 6 nitrogen and oxygen atoms in total. The Balaban J connectivity index is 2.24. The lowest BCUT2D eigenvalue weighted by molar-refractivity contribution is 0.0592. The summed E-state index contributed by atoms with van der Waals surface area (Å²) in [7, 11) is 1.22. The number of carbonyl (C=O) groups is 1. The summed E-state index contributed by atoms with van der Waals surface area (Å²) in [5, 5.41) is 8.62. The second-order valence-electron chi connectivity index (χ2n) is 3.59. The highest BCUT2D eigenvalue weighted by atomic mass is 19.1. The molecule has 2 aromatic rings. The fraction of sp³-hybridized carbons (Fsp3) is 0.0769. The third-order valence-corrected chi connectivity index (χ3v) is 2.29. The number of hydrogen-bond donors (Lipinski definition) is 0. The summed E-state index contributed by atoms with van der Waals surface area (Å²) in [6.45, 7) is 0. The third-order valence-electron chi connectivity index (χ3n) is 2.29. The molecule has 2 rings (SSSR count). The van der Waals surface area contributed by atoms with E-state index in [-0.39, 0.29) is 22.9 Å². The van der Waals surface area contributed by atoms with Gasteiger partial charge in [-0.05, 0) is 12.1 Å². The summed E-state index contributed by atoms with van der Waals surface area (Å²) < 4.78 is 23.2. The highest BCUT2D eigenvalue weighted by molar-refractivity contribution is 5.86. The van der Waals surface area contributed by atoms with Crippen molar-refractivity contribution in [1.29, 1.82) is 5.26 Å². The van der Waals surface area contributed by atoms with Crippen LogP contribution in [0, 0.1) is 17.1 Å². The molecule has 0 unspecified atom stereocenters. The van der Waals surface area contributed by atoms with Crippen LogP contribution < -0.4 is 4.74 Å². The van der Waals surface area contributed by atoms with E-state index in [1.54, 1.807) is 6.07 Å². The van der Waals surface area contributed by atoms with Crippen LogP contribution in [0.3, 0.4) is 0 Å². The van der Waals surface area contributed by atoms with Gasteiger partial charge in [0.2, 0.25) is 5.88 Å². The topological polar surface area (TPSA) is 85.1 Å².